The van der Waals surface area contributed by atoms with E-state index < -0.39 is 11.6 Å². The molecule has 0 saturated heterocycles. The van der Waals surface area contributed by atoms with Crippen molar-refractivity contribution >= 4 is 17.7 Å². The maximum atomic E-state index is 13.5. The summed E-state index contributed by atoms with van der Waals surface area (Å²) in [5.74, 6) is 0.113. The van der Waals surface area contributed by atoms with Gasteiger partial charge in [-0.25, -0.2) is 9.18 Å². The minimum Gasteiger partial charge on any atom is -0.508 e. The van der Waals surface area contributed by atoms with Crippen molar-refractivity contribution in [3.8, 4) is 11.5 Å². The number of hydrogen-bond acceptors (Lipinski definition) is 4. The molecule has 2 aromatic carbocycles. The monoisotopic (exact) mass is 350 g/mol. The van der Waals surface area contributed by atoms with Gasteiger partial charge in [-0.2, -0.15) is 11.8 Å². The molecule has 0 saturated carbocycles. The normalized spacial score (nSPS) is 13.2. The molecular weight excluding hydrogens is 331 g/mol. The van der Waals surface area contributed by atoms with Crippen molar-refractivity contribution in [2.45, 2.75) is 24.7 Å². The molecule has 0 aromatic heterocycles. The lowest BCUT2D eigenvalue weighted by molar-refractivity contribution is -0.153. The zero-order valence-corrected chi connectivity index (χ0v) is 14.1. The van der Waals surface area contributed by atoms with Crippen LogP contribution in [0.4, 0.5) is 4.39 Å². The van der Waals surface area contributed by atoms with Crippen LogP contribution < -0.4 is 4.74 Å². The molecule has 0 spiro atoms. The minimum absolute atomic E-state index is 0.0832. The highest BCUT2D eigenvalue weighted by molar-refractivity contribution is 7.98. The number of rotatable bonds is 8. The summed E-state index contributed by atoms with van der Waals surface area (Å²) in [4.78, 5) is 11.6. The Morgan fingerprint density at radius 2 is 1.88 bits per heavy atom. The number of carbonyl (C=O) groups is 1. The highest BCUT2D eigenvalue weighted by Crippen LogP contribution is 2.26. The topological polar surface area (TPSA) is 66.8 Å². The van der Waals surface area contributed by atoms with Gasteiger partial charge in [-0.1, -0.05) is 18.2 Å². The maximum absolute atomic E-state index is 13.5. The van der Waals surface area contributed by atoms with Gasteiger partial charge in [-0.15, -0.1) is 0 Å². The summed E-state index contributed by atoms with van der Waals surface area (Å²) in [5, 5.41) is 18.7. The number of hydrogen-bond donors (Lipinski definition) is 2. The minimum atomic E-state index is -1.39. The van der Waals surface area contributed by atoms with Gasteiger partial charge in [0.1, 0.15) is 17.3 Å². The lowest BCUT2D eigenvalue weighted by Crippen LogP contribution is -2.42. The Morgan fingerprint density at radius 1 is 1.21 bits per heavy atom. The zero-order valence-electron chi connectivity index (χ0n) is 13.2. The van der Waals surface area contributed by atoms with Crippen LogP contribution >= 0.6 is 11.8 Å². The fourth-order valence-electron chi connectivity index (χ4n) is 2.04. The standard InChI is InChI=1S/C18H19FO4S/c1-18(17(21)22,23-15-8-6-14(20)7-9-15)10-11-24-12-13-4-2-3-5-16(13)19/h2-9,20H,10-12H2,1H3,(H,21,22). The largest absolute Gasteiger partial charge is 0.508 e. The second kappa shape index (κ2) is 8.06. The summed E-state index contributed by atoms with van der Waals surface area (Å²) >= 11 is 1.45. The van der Waals surface area contributed by atoms with Crippen molar-refractivity contribution in [2.75, 3.05) is 5.75 Å². The first-order valence-electron chi connectivity index (χ1n) is 7.43. The molecule has 6 heteroatoms. The smallest absolute Gasteiger partial charge is 0.347 e. The highest BCUT2D eigenvalue weighted by atomic mass is 32.2. The van der Waals surface area contributed by atoms with Gasteiger partial charge >= 0.3 is 5.97 Å². The molecule has 0 radical (unpaired) electrons. The number of carboxylic acid groups (broad SMARTS) is 1. The number of thioether (sulfide) groups is 1. The van der Waals surface area contributed by atoms with Crippen LogP contribution in [0.25, 0.3) is 0 Å². The van der Waals surface area contributed by atoms with E-state index in [0.717, 1.165) is 0 Å². The van der Waals surface area contributed by atoms with Crippen LogP contribution in [0.2, 0.25) is 0 Å². The third-order valence-electron chi connectivity index (χ3n) is 3.57. The lowest BCUT2D eigenvalue weighted by Gasteiger charge is -2.26. The van der Waals surface area contributed by atoms with Crippen LogP contribution in [0.3, 0.4) is 0 Å². The van der Waals surface area contributed by atoms with Gasteiger partial charge in [-0.05, 0) is 48.6 Å². The molecule has 1 unspecified atom stereocenters. The van der Waals surface area contributed by atoms with Crippen molar-refractivity contribution in [3.63, 3.8) is 0 Å². The quantitative estimate of drug-likeness (QED) is 0.702. The van der Waals surface area contributed by atoms with Gasteiger partial charge in [0.05, 0.1) is 0 Å². The molecule has 0 heterocycles. The average molecular weight is 350 g/mol. The Bertz CT molecular complexity index is 690. The van der Waals surface area contributed by atoms with E-state index in [-0.39, 0.29) is 18.0 Å². The summed E-state index contributed by atoms with van der Waals surface area (Å²) in [5.41, 5.74) is -0.793. The Morgan fingerprint density at radius 3 is 2.50 bits per heavy atom. The van der Waals surface area contributed by atoms with Gasteiger partial charge in [0.2, 0.25) is 5.60 Å². The summed E-state index contributed by atoms with van der Waals surface area (Å²) in [7, 11) is 0. The number of aliphatic carboxylic acids is 1. The molecule has 2 aromatic rings. The van der Waals surface area contributed by atoms with Gasteiger partial charge in [-0.3, -0.25) is 0 Å². The number of halogens is 1. The van der Waals surface area contributed by atoms with Crippen LogP contribution in [0.5, 0.6) is 11.5 Å². The molecule has 128 valence electrons. The fraction of sp³-hybridized carbons (Fsp3) is 0.278. The predicted octanol–water partition coefficient (Wildman–Crippen LogP) is 4.08. The number of aromatic hydroxyl groups is 1. The van der Waals surface area contributed by atoms with E-state index in [1.165, 1.54) is 49.0 Å². The van der Waals surface area contributed by atoms with E-state index in [9.17, 15) is 19.4 Å². The van der Waals surface area contributed by atoms with Crippen molar-refractivity contribution in [1.29, 1.82) is 0 Å². The average Bonchev–Trinajstić information content (AvgIpc) is 2.55. The molecule has 0 aliphatic heterocycles. The maximum Gasteiger partial charge on any atom is 0.347 e. The van der Waals surface area contributed by atoms with E-state index >= 15 is 0 Å². The SMILES string of the molecule is CC(CCSCc1ccccc1F)(Oc1ccc(O)cc1)C(=O)O. The summed E-state index contributed by atoms with van der Waals surface area (Å²) < 4.78 is 19.1. The number of phenols is 1. The molecule has 4 nitrogen and oxygen atoms in total. The van der Waals surface area contributed by atoms with Crippen LogP contribution in [-0.2, 0) is 10.5 Å². The summed E-state index contributed by atoms with van der Waals surface area (Å²) in [6.07, 6.45) is 0.266. The Balaban J connectivity index is 1.91. The molecule has 0 fully saturated rings. The fourth-order valence-corrected chi connectivity index (χ4v) is 3.17. The number of benzene rings is 2. The molecule has 24 heavy (non-hydrogen) atoms. The van der Waals surface area contributed by atoms with Crippen molar-refractivity contribution in [3.05, 3.63) is 59.9 Å². The molecule has 0 aliphatic rings. The molecule has 0 amide bonds. The summed E-state index contributed by atoms with van der Waals surface area (Å²) in [6.45, 7) is 1.51. The molecule has 0 aliphatic carbocycles. The van der Waals surface area contributed by atoms with Crippen LogP contribution in [-0.4, -0.2) is 27.5 Å². The molecule has 1 atom stereocenters. The van der Waals surface area contributed by atoms with Crippen molar-refractivity contribution in [1.82, 2.24) is 0 Å². The molecule has 2 rings (SSSR count). The Kier molecular flexibility index (Phi) is 6.09. The Labute approximate surface area is 144 Å². The van der Waals surface area contributed by atoms with Gasteiger partial charge in [0.15, 0.2) is 0 Å². The molecule has 0 bridgehead atoms. The number of phenolic OH excluding ortho intramolecular Hbond substituents is 1. The zero-order chi connectivity index (χ0) is 17.6. The second-order valence-electron chi connectivity index (χ2n) is 5.53. The van der Waals surface area contributed by atoms with E-state index in [0.29, 0.717) is 22.8 Å². The van der Waals surface area contributed by atoms with E-state index in [4.69, 9.17) is 4.74 Å². The highest BCUT2D eigenvalue weighted by Gasteiger charge is 2.35. The third-order valence-corrected chi connectivity index (χ3v) is 4.58. The second-order valence-corrected chi connectivity index (χ2v) is 6.63. The van der Waals surface area contributed by atoms with Crippen molar-refractivity contribution < 1.29 is 24.1 Å². The van der Waals surface area contributed by atoms with Crippen molar-refractivity contribution in [2.24, 2.45) is 0 Å². The lowest BCUT2D eigenvalue weighted by atomic mass is 10.0. The van der Waals surface area contributed by atoms with E-state index in [1.807, 2.05) is 0 Å². The van der Waals surface area contributed by atoms with Gasteiger partial charge < -0.3 is 14.9 Å². The predicted molar refractivity (Wildman–Crippen MR) is 92.0 cm³/mol. The van der Waals surface area contributed by atoms with Gasteiger partial charge in [0, 0.05) is 12.2 Å². The van der Waals surface area contributed by atoms with E-state index in [1.54, 1.807) is 18.2 Å². The molecule has 2 N–H and O–H groups in total. The van der Waals surface area contributed by atoms with Crippen LogP contribution in [0.1, 0.15) is 18.9 Å². The first kappa shape index (κ1) is 18.1. The first-order valence-corrected chi connectivity index (χ1v) is 8.59. The summed E-state index contributed by atoms with van der Waals surface area (Å²) in [6, 6.07) is 12.4. The van der Waals surface area contributed by atoms with E-state index in [2.05, 4.69) is 0 Å². The Hall–Kier alpha value is -2.21. The first-order chi connectivity index (χ1) is 11.4. The van der Waals surface area contributed by atoms with Crippen LogP contribution in [0.15, 0.2) is 48.5 Å². The number of ether oxygens (including phenoxy) is 1. The van der Waals surface area contributed by atoms with Gasteiger partial charge in [0.25, 0.3) is 0 Å². The third kappa shape index (κ3) is 4.89. The van der Waals surface area contributed by atoms with Crippen LogP contribution in [0, 0.1) is 5.82 Å². The number of carboxylic acids is 1. The molecular formula is C18H19FO4S.